The molecule has 0 radical (unpaired) electrons. The number of aliphatic hydroxyl groups is 7. The predicted octanol–water partition coefficient (Wildman–Crippen LogP) is -1.12. The van der Waals surface area contributed by atoms with Crippen LogP contribution in [0.2, 0.25) is 0 Å². The Hall–Kier alpha value is -0.360. The van der Waals surface area contributed by atoms with E-state index in [-0.39, 0.29) is 0 Å². The van der Waals surface area contributed by atoms with Gasteiger partial charge in [0.15, 0.2) is 6.29 Å². The second-order valence-corrected chi connectivity index (χ2v) is 10.5. The topological polar surface area (TPSA) is 160 Å². The highest BCUT2D eigenvalue weighted by atomic mass is 16.7. The van der Waals surface area contributed by atoms with Crippen molar-refractivity contribution < 1.29 is 45.2 Å². The van der Waals surface area contributed by atoms with Crippen LogP contribution in [0.25, 0.3) is 0 Å². The van der Waals surface area contributed by atoms with E-state index in [0.717, 1.165) is 0 Å². The predicted molar refractivity (Wildman–Crippen MR) is 105 cm³/mol. The van der Waals surface area contributed by atoms with Crippen molar-refractivity contribution in [3.05, 3.63) is 0 Å². The zero-order chi connectivity index (χ0) is 22.6. The first kappa shape index (κ1) is 24.3. The van der Waals surface area contributed by atoms with E-state index in [1.807, 2.05) is 6.92 Å². The van der Waals surface area contributed by atoms with E-state index in [2.05, 4.69) is 0 Å². The van der Waals surface area contributed by atoms with Crippen LogP contribution in [0.15, 0.2) is 0 Å². The zero-order valence-corrected chi connectivity index (χ0v) is 18.2. The smallest absolute Gasteiger partial charge is 0.186 e. The SMILES string of the molecule is CC(C)(O)[C@@H]1CC[C@@]2(C)[C@H](O)CC[C@@](C)(O)[C@@H]2[C@@H]1O[C@@H]1O[C@H](CO)[C@@H](O)[C@H](O)[C@H]1O. The first-order valence-electron chi connectivity index (χ1n) is 10.8. The fourth-order valence-corrected chi connectivity index (χ4v) is 6.01. The maximum Gasteiger partial charge on any atom is 0.186 e. The number of aliphatic hydroxyl groups excluding tert-OH is 5. The Bertz CT molecular complexity index is 604. The fourth-order valence-electron chi connectivity index (χ4n) is 6.01. The molecule has 0 bridgehead atoms. The molecule has 0 aromatic carbocycles. The Kier molecular flexibility index (Phi) is 6.64. The van der Waals surface area contributed by atoms with Crippen LogP contribution < -0.4 is 0 Å². The Morgan fingerprint density at radius 1 is 1.00 bits per heavy atom. The van der Waals surface area contributed by atoms with Crippen molar-refractivity contribution in [2.45, 2.75) is 107 Å². The number of hydrogen-bond acceptors (Lipinski definition) is 9. The number of fused-ring (bicyclic) bond motifs is 1. The largest absolute Gasteiger partial charge is 0.394 e. The lowest BCUT2D eigenvalue weighted by atomic mass is 9.50. The van der Waals surface area contributed by atoms with Gasteiger partial charge in [-0.2, -0.15) is 0 Å². The summed E-state index contributed by atoms with van der Waals surface area (Å²) in [5, 5.41) is 73.1. The molecule has 9 heteroatoms. The average molecular weight is 435 g/mol. The molecule has 1 aliphatic heterocycles. The fraction of sp³-hybridized carbons (Fsp3) is 1.00. The molecular formula is C21H38O9. The van der Waals surface area contributed by atoms with Crippen LogP contribution in [-0.4, -0.2) is 96.5 Å². The molecule has 0 aromatic heterocycles. The summed E-state index contributed by atoms with van der Waals surface area (Å²) in [6, 6.07) is 0. The Balaban J connectivity index is 1.98. The van der Waals surface area contributed by atoms with Crippen LogP contribution in [0.5, 0.6) is 0 Å². The van der Waals surface area contributed by atoms with Crippen molar-refractivity contribution in [1.82, 2.24) is 0 Å². The van der Waals surface area contributed by atoms with Gasteiger partial charge in [-0.25, -0.2) is 0 Å². The van der Waals surface area contributed by atoms with Crippen molar-refractivity contribution in [1.29, 1.82) is 0 Å². The number of hydrogen-bond donors (Lipinski definition) is 7. The average Bonchev–Trinajstić information content (AvgIpc) is 2.64. The first-order valence-corrected chi connectivity index (χ1v) is 10.8. The van der Waals surface area contributed by atoms with Gasteiger partial charge in [-0.3, -0.25) is 0 Å². The van der Waals surface area contributed by atoms with Crippen molar-refractivity contribution in [3.8, 4) is 0 Å². The molecule has 3 rings (SSSR count). The molecule has 0 spiro atoms. The lowest BCUT2D eigenvalue weighted by Crippen LogP contribution is -2.67. The molecule has 30 heavy (non-hydrogen) atoms. The van der Waals surface area contributed by atoms with Gasteiger partial charge in [-0.05, 0) is 46.5 Å². The van der Waals surface area contributed by atoms with Crippen molar-refractivity contribution in [3.63, 3.8) is 0 Å². The summed E-state index contributed by atoms with van der Waals surface area (Å²) in [5.74, 6) is -1.02. The maximum atomic E-state index is 11.3. The zero-order valence-electron chi connectivity index (χ0n) is 18.2. The van der Waals surface area contributed by atoms with E-state index in [1.54, 1.807) is 20.8 Å². The van der Waals surface area contributed by atoms with E-state index in [0.29, 0.717) is 25.7 Å². The van der Waals surface area contributed by atoms with Crippen LogP contribution in [0, 0.1) is 17.3 Å². The molecule has 1 saturated heterocycles. The summed E-state index contributed by atoms with van der Waals surface area (Å²) in [4.78, 5) is 0. The minimum Gasteiger partial charge on any atom is -0.394 e. The normalized spacial score (nSPS) is 52.7. The van der Waals surface area contributed by atoms with Crippen LogP contribution in [0.4, 0.5) is 0 Å². The third-order valence-corrected chi connectivity index (χ3v) is 7.83. The molecule has 0 aromatic rings. The molecule has 7 N–H and O–H groups in total. The van der Waals surface area contributed by atoms with Gasteiger partial charge in [-0.1, -0.05) is 6.92 Å². The van der Waals surface area contributed by atoms with Crippen LogP contribution in [0.1, 0.15) is 53.4 Å². The molecule has 3 aliphatic rings. The maximum absolute atomic E-state index is 11.3. The molecule has 0 unspecified atom stereocenters. The van der Waals surface area contributed by atoms with Gasteiger partial charge in [0, 0.05) is 17.3 Å². The number of ether oxygens (including phenoxy) is 2. The van der Waals surface area contributed by atoms with Gasteiger partial charge in [0.25, 0.3) is 0 Å². The highest BCUT2D eigenvalue weighted by Gasteiger charge is 2.62. The third kappa shape index (κ3) is 4.04. The Morgan fingerprint density at radius 3 is 2.20 bits per heavy atom. The standard InChI is InChI=1S/C21H38O9/c1-19(2,27)10-5-7-20(3)12(23)6-8-21(4,28)17(20)16(10)30-18-15(26)14(25)13(24)11(9-22)29-18/h10-18,22-28H,5-9H2,1-4H3/t10-,11-,12-,13-,14+,15-,16-,17-,18+,20+,21-/m1/s1. The van der Waals surface area contributed by atoms with Crippen LogP contribution in [0.3, 0.4) is 0 Å². The molecule has 9 nitrogen and oxygen atoms in total. The summed E-state index contributed by atoms with van der Waals surface area (Å²) >= 11 is 0. The quantitative estimate of drug-likeness (QED) is 0.291. The van der Waals surface area contributed by atoms with E-state index in [4.69, 9.17) is 9.47 Å². The molecule has 1 heterocycles. The van der Waals surface area contributed by atoms with Crippen molar-refractivity contribution >= 4 is 0 Å². The van der Waals surface area contributed by atoms with E-state index in [9.17, 15) is 35.7 Å². The van der Waals surface area contributed by atoms with Gasteiger partial charge < -0.3 is 45.2 Å². The van der Waals surface area contributed by atoms with E-state index >= 15 is 0 Å². The first-order chi connectivity index (χ1) is 13.7. The summed E-state index contributed by atoms with van der Waals surface area (Å²) in [6.07, 6.45) is -6.77. The minimum absolute atomic E-state index is 0.349. The molecular weight excluding hydrogens is 396 g/mol. The van der Waals surface area contributed by atoms with Gasteiger partial charge in [0.1, 0.15) is 24.4 Å². The third-order valence-electron chi connectivity index (χ3n) is 7.83. The highest BCUT2D eigenvalue weighted by Crippen LogP contribution is 2.58. The van der Waals surface area contributed by atoms with Crippen molar-refractivity contribution in [2.75, 3.05) is 6.61 Å². The van der Waals surface area contributed by atoms with E-state index < -0.39 is 78.0 Å². The summed E-state index contributed by atoms with van der Waals surface area (Å²) < 4.78 is 11.7. The monoisotopic (exact) mass is 434 g/mol. The summed E-state index contributed by atoms with van der Waals surface area (Å²) in [5.41, 5.74) is -3.06. The Morgan fingerprint density at radius 2 is 1.63 bits per heavy atom. The summed E-state index contributed by atoms with van der Waals surface area (Å²) in [7, 11) is 0. The summed E-state index contributed by atoms with van der Waals surface area (Å²) in [6.45, 7) is 6.32. The number of rotatable bonds is 4. The van der Waals surface area contributed by atoms with Crippen LogP contribution in [-0.2, 0) is 9.47 Å². The second kappa shape index (κ2) is 8.20. The molecule has 2 aliphatic carbocycles. The molecule has 176 valence electrons. The molecule has 2 saturated carbocycles. The van der Waals surface area contributed by atoms with Crippen molar-refractivity contribution in [2.24, 2.45) is 17.3 Å². The lowest BCUT2D eigenvalue weighted by molar-refractivity contribution is -0.342. The van der Waals surface area contributed by atoms with Gasteiger partial charge in [-0.15, -0.1) is 0 Å². The highest BCUT2D eigenvalue weighted by molar-refractivity contribution is 5.11. The minimum atomic E-state index is -1.59. The van der Waals surface area contributed by atoms with Gasteiger partial charge in [0.2, 0.25) is 0 Å². The van der Waals surface area contributed by atoms with E-state index in [1.165, 1.54) is 0 Å². The molecule has 3 fully saturated rings. The molecule has 0 amide bonds. The second-order valence-electron chi connectivity index (χ2n) is 10.5. The lowest BCUT2D eigenvalue weighted by Gasteiger charge is -2.61. The molecule has 11 atom stereocenters. The van der Waals surface area contributed by atoms with Gasteiger partial charge >= 0.3 is 0 Å². The van der Waals surface area contributed by atoms with Gasteiger partial charge in [0.05, 0.1) is 30.0 Å². The van der Waals surface area contributed by atoms with Crippen LogP contribution >= 0.6 is 0 Å². The Labute approximate surface area is 177 Å².